The van der Waals surface area contributed by atoms with E-state index in [9.17, 15) is 9.90 Å². The summed E-state index contributed by atoms with van der Waals surface area (Å²) >= 11 is 0. The fourth-order valence-electron chi connectivity index (χ4n) is 3.77. The Bertz CT molecular complexity index is 928. The highest BCUT2D eigenvalue weighted by Gasteiger charge is 2.30. The van der Waals surface area contributed by atoms with Gasteiger partial charge in [-0.15, -0.1) is 0 Å². The Kier molecular flexibility index (Phi) is 5.51. The van der Waals surface area contributed by atoms with Crippen molar-refractivity contribution in [2.75, 3.05) is 0 Å². The smallest absolute Gasteiger partial charge is 0.237 e. The van der Waals surface area contributed by atoms with Crippen LogP contribution in [0.25, 0.3) is 0 Å². The second kappa shape index (κ2) is 8.38. The Morgan fingerprint density at radius 2 is 1.39 bits per heavy atom. The lowest BCUT2D eigenvalue weighted by atomic mass is 9.93. The number of hydrogen-bond acceptors (Lipinski definition) is 3. The van der Waals surface area contributed by atoms with Crippen LogP contribution >= 0.6 is 0 Å². The van der Waals surface area contributed by atoms with Gasteiger partial charge in [0, 0.05) is 6.54 Å². The number of fused-ring (bicyclic) bond motifs is 1. The minimum Gasteiger partial charge on any atom is -0.386 e. The van der Waals surface area contributed by atoms with E-state index >= 15 is 0 Å². The van der Waals surface area contributed by atoms with E-state index in [0.717, 1.165) is 22.3 Å². The van der Waals surface area contributed by atoms with E-state index in [4.69, 9.17) is 0 Å². The van der Waals surface area contributed by atoms with Crippen LogP contribution in [0.3, 0.4) is 0 Å². The summed E-state index contributed by atoms with van der Waals surface area (Å²) in [7, 11) is 0. The molecule has 1 amide bonds. The lowest BCUT2D eigenvalue weighted by molar-refractivity contribution is -0.123. The summed E-state index contributed by atoms with van der Waals surface area (Å²) in [5, 5.41) is 17.6. The standard InChI is InChI=1S/C24H24N2O2/c27-23(18-11-5-2-6-12-18)22(17-9-3-1-4-10-17)26-21-15-19-13-7-8-14-20(19)16-25-24(21)28/h1-14,21-23,26-27H,15-16H2,(H,25,28). The van der Waals surface area contributed by atoms with Gasteiger partial charge in [-0.2, -0.15) is 0 Å². The van der Waals surface area contributed by atoms with Crippen molar-refractivity contribution in [1.29, 1.82) is 0 Å². The molecule has 0 aliphatic carbocycles. The molecule has 142 valence electrons. The molecule has 3 aromatic rings. The van der Waals surface area contributed by atoms with Gasteiger partial charge in [-0.1, -0.05) is 84.9 Å². The zero-order chi connectivity index (χ0) is 19.3. The fourth-order valence-corrected chi connectivity index (χ4v) is 3.77. The lowest BCUT2D eigenvalue weighted by Crippen LogP contribution is -2.46. The van der Waals surface area contributed by atoms with Crippen LogP contribution in [-0.4, -0.2) is 17.1 Å². The van der Waals surface area contributed by atoms with E-state index in [1.165, 1.54) is 0 Å². The summed E-state index contributed by atoms with van der Waals surface area (Å²) in [5.41, 5.74) is 4.06. The molecule has 1 heterocycles. The summed E-state index contributed by atoms with van der Waals surface area (Å²) in [6.07, 6.45) is -0.178. The van der Waals surface area contributed by atoms with Gasteiger partial charge in [-0.05, 0) is 28.7 Å². The van der Waals surface area contributed by atoms with Crippen molar-refractivity contribution < 1.29 is 9.90 Å². The van der Waals surface area contributed by atoms with Gasteiger partial charge in [0.1, 0.15) is 0 Å². The lowest BCUT2D eigenvalue weighted by Gasteiger charge is -2.29. The van der Waals surface area contributed by atoms with Crippen LogP contribution in [0.5, 0.6) is 0 Å². The molecule has 1 aliphatic rings. The van der Waals surface area contributed by atoms with Crippen LogP contribution in [0.1, 0.15) is 34.4 Å². The molecule has 4 nitrogen and oxygen atoms in total. The number of hydrogen-bond donors (Lipinski definition) is 3. The highest BCUT2D eigenvalue weighted by molar-refractivity contribution is 5.83. The zero-order valence-electron chi connectivity index (χ0n) is 15.6. The molecule has 0 fully saturated rings. The Morgan fingerprint density at radius 1 is 0.821 bits per heavy atom. The Balaban J connectivity index is 1.64. The maximum atomic E-state index is 12.8. The van der Waals surface area contributed by atoms with Gasteiger partial charge in [0.05, 0.1) is 18.2 Å². The quantitative estimate of drug-likeness (QED) is 0.644. The Hall–Kier alpha value is -2.95. The minimum atomic E-state index is -0.769. The molecule has 3 N–H and O–H groups in total. The number of nitrogens with one attached hydrogen (secondary N) is 2. The van der Waals surface area contributed by atoms with Gasteiger partial charge in [0.25, 0.3) is 0 Å². The molecule has 1 aliphatic heterocycles. The normalized spacial score (nSPS) is 18.5. The number of rotatable bonds is 5. The first-order valence-corrected chi connectivity index (χ1v) is 9.61. The van der Waals surface area contributed by atoms with Gasteiger partial charge in [0.2, 0.25) is 5.91 Å². The van der Waals surface area contributed by atoms with Crippen molar-refractivity contribution in [2.45, 2.75) is 31.2 Å². The monoisotopic (exact) mass is 372 g/mol. The molecular formula is C24H24N2O2. The van der Waals surface area contributed by atoms with Crippen LogP contribution in [0.15, 0.2) is 84.9 Å². The third-order valence-corrected chi connectivity index (χ3v) is 5.31. The first kappa shape index (κ1) is 18.4. The largest absolute Gasteiger partial charge is 0.386 e. The average molecular weight is 372 g/mol. The molecule has 0 saturated carbocycles. The van der Waals surface area contributed by atoms with Crippen molar-refractivity contribution in [3.8, 4) is 0 Å². The topological polar surface area (TPSA) is 61.4 Å². The van der Waals surface area contributed by atoms with Gasteiger partial charge >= 0.3 is 0 Å². The predicted molar refractivity (Wildman–Crippen MR) is 110 cm³/mol. The van der Waals surface area contributed by atoms with E-state index < -0.39 is 18.2 Å². The van der Waals surface area contributed by atoms with Crippen molar-refractivity contribution in [3.05, 3.63) is 107 Å². The number of carbonyl (C=O) groups excluding carboxylic acids is 1. The van der Waals surface area contributed by atoms with Crippen molar-refractivity contribution in [1.82, 2.24) is 10.6 Å². The molecule has 28 heavy (non-hydrogen) atoms. The number of carbonyl (C=O) groups is 1. The number of benzene rings is 3. The molecule has 0 spiro atoms. The van der Waals surface area contributed by atoms with E-state index in [0.29, 0.717) is 13.0 Å². The SMILES string of the molecule is O=C1NCc2ccccc2CC1NC(c1ccccc1)C(O)c1ccccc1. The van der Waals surface area contributed by atoms with Gasteiger partial charge < -0.3 is 10.4 Å². The predicted octanol–water partition coefficient (Wildman–Crippen LogP) is 3.29. The van der Waals surface area contributed by atoms with Crippen LogP contribution in [0.4, 0.5) is 0 Å². The molecule has 3 unspecified atom stereocenters. The maximum Gasteiger partial charge on any atom is 0.237 e. The summed E-state index contributed by atoms with van der Waals surface area (Å²) < 4.78 is 0. The maximum absolute atomic E-state index is 12.8. The van der Waals surface area contributed by atoms with E-state index in [1.807, 2.05) is 78.9 Å². The van der Waals surface area contributed by atoms with Gasteiger partial charge in [-0.25, -0.2) is 0 Å². The van der Waals surface area contributed by atoms with Crippen LogP contribution in [0.2, 0.25) is 0 Å². The van der Waals surface area contributed by atoms with E-state index in [1.54, 1.807) is 0 Å². The zero-order valence-corrected chi connectivity index (χ0v) is 15.6. The Morgan fingerprint density at radius 3 is 2.07 bits per heavy atom. The van der Waals surface area contributed by atoms with Gasteiger partial charge in [0.15, 0.2) is 0 Å². The molecular weight excluding hydrogens is 348 g/mol. The highest BCUT2D eigenvalue weighted by atomic mass is 16.3. The second-order valence-electron chi connectivity index (χ2n) is 7.15. The third kappa shape index (κ3) is 3.98. The molecule has 4 heteroatoms. The summed E-state index contributed by atoms with van der Waals surface area (Å²) in [5.74, 6) is -0.0441. The van der Waals surface area contributed by atoms with Crippen LogP contribution < -0.4 is 10.6 Å². The minimum absolute atomic E-state index is 0.0441. The number of amides is 1. The average Bonchev–Trinajstić information content (AvgIpc) is 2.91. The van der Waals surface area contributed by atoms with Gasteiger partial charge in [-0.3, -0.25) is 10.1 Å². The molecule has 0 aromatic heterocycles. The summed E-state index contributed by atoms with van der Waals surface area (Å²) in [6, 6.07) is 26.6. The van der Waals surface area contributed by atoms with Crippen molar-refractivity contribution in [3.63, 3.8) is 0 Å². The van der Waals surface area contributed by atoms with Crippen LogP contribution in [0, 0.1) is 0 Å². The molecule has 0 bridgehead atoms. The molecule has 3 atom stereocenters. The number of aliphatic hydroxyl groups excluding tert-OH is 1. The third-order valence-electron chi connectivity index (χ3n) is 5.31. The molecule has 3 aromatic carbocycles. The first-order chi connectivity index (χ1) is 13.7. The Labute approximate surface area is 165 Å². The summed E-state index contributed by atoms with van der Waals surface area (Å²) in [4.78, 5) is 12.8. The number of aliphatic hydroxyl groups is 1. The first-order valence-electron chi connectivity index (χ1n) is 9.61. The van der Waals surface area contributed by atoms with Crippen molar-refractivity contribution in [2.24, 2.45) is 0 Å². The molecule has 0 radical (unpaired) electrons. The van der Waals surface area contributed by atoms with Crippen molar-refractivity contribution >= 4 is 5.91 Å². The van der Waals surface area contributed by atoms with E-state index in [2.05, 4.69) is 16.7 Å². The van der Waals surface area contributed by atoms with E-state index in [-0.39, 0.29) is 5.91 Å². The van der Waals surface area contributed by atoms with Crippen LogP contribution in [-0.2, 0) is 17.8 Å². The molecule has 4 rings (SSSR count). The highest BCUT2D eigenvalue weighted by Crippen LogP contribution is 2.30. The second-order valence-corrected chi connectivity index (χ2v) is 7.15. The molecule has 0 saturated heterocycles. The fraction of sp³-hybridized carbons (Fsp3) is 0.208. The summed E-state index contributed by atoms with van der Waals surface area (Å²) in [6.45, 7) is 0.532.